The lowest BCUT2D eigenvalue weighted by atomic mass is 10.1. The average Bonchev–Trinajstić information content (AvgIpc) is 3.19. The smallest absolute Gasteiger partial charge is 0.266 e. The molecule has 1 aromatic heterocycles. The molecule has 8 nitrogen and oxygen atoms in total. The van der Waals surface area contributed by atoms with Crippen LogP contribution in [-0.2, 0) is 16.1 Å². The Labute approximate surface area is 208 Å². The van der Waals surface area contributed by atoms with E-state index in [0.717, 1.165) is 22.7 Å². The van der Waals surface area contributed by atoms with Crippen molar-refractivity contribution < 1.29 is 18.8 Å². The van der Waals surface area contributed by atoms with Crippen molar-refractivity contribution in [1.29, 1.82) is 5.26 Å². The van der Waals surface area contributed by atoms with E-state index in [0.29, 0.717) is 54.9 Å². The first-order chi connectivity index (χ1) is 16.9. The molecule has 0 radical (unpaired) electrons. The van der Waals surface area contributed by atoms with Crippen molar-refractivity contribution in [2.45, 2.75) is 20.5 Å². The van der Waals surface area contributed by atoms with Crippen LogP contribution >= 0.6 is 11.6 Å². The van der Waals surface area contributed by atoms with Gasteiger partial charge in [0.2, 0.25) is 0 Å². The Morgan fingerprint density at radius 1 is 1.23 bits per heavy atom. The summed E-state index contributed by atoms with van der Waals surface area (Å²) in [6.07, 6.45) is 1.53. The molecular weight excluding hydrogens is 468 g/mol. The van der Waals surface area contributed by atoms with Crippen molar-refractivity contribution in [3.05, 3.63) is 75.6 Å². The molecule has 0 spiro atoms. The van der Waals surface area contributed by atoms with Gasteiger partial charge < -0.3 is 24.2 Å². The minimum absolute atomic E-state index is 0.0257. The Bertz CT molecular complexity index is 1250. The summed E-state index contributed by atoms with van der Waals surface area (Å²) in [6.45, 7) is 6.67. The highest BCUT2D eigenvalue weighted by Gasteiger charge is 2.18. The molecule has 0 unspecified atom stereocenters. The van der Waals surface area contributed by atoms with Crippen molar-refractivity contribution in [1.82, 2.24) is 5.16 Å². The van der Waals surface area contributed by atoms with Gasteiger partial charge in [-0.2, -0.15) is 5.26 Å². The Morgan fingerprint density at radius 2 is 1.97 bits per heavy atom. The van der Waals surface area contributed by atoms with E-state index in [-0.39, 0.29) is 5.57 Å². The standard InChI is InChI=1S/C26H25ClN4O4/c1-17-23(18(2)35-30-17)16-34-22-6-3-19(4-7-22)13-20(15-28)26(32)29-24-14-21(27)5-8-25(24)31-9-11-33-12-10-31/h3-8,13-14H,9-12,16H2,1-2H3,(H,29,32)/b20-13+. The summed E-state index contributed by atoms with van der Waals surface area (Å²) in [5.74, 6) is 0.866. The zero-order valence-corrected chi connectivity index (χ0v) is 20.3. The summed E-state index contributed by atoms with van der Waals surface area (Å²) >= 11 is 6.18. The molecule has 2 aromatic carbocycles. The highest BCUT2D eigenvalue weighted by atomic mass is 35.5. The molecule has 9 heteroatoms. The molecule has 4 rings (SSSR count). The van der Waals surface area contributed by atoms with Gasteiger partial charge in [-0.15, -0.1) is 0 Å². The summed E-state index contributed by atoms with van der Waals surface area (Å²) in [5, 5.41) is 16.9. The molecule has 0 atom stereocenters. The van der Waals surface area contributed by atoms with Gasteiger partial charge >= 0.3 is 0 Å². The van der Waals surface area contributed by atoms with Gasteiger partial charge in [0.05, 0.1) is 35.8 Å². The third-order valence-electron chi connectivity index (χ3n) is 5.68. The second kappa shape index (κ2) is 11.1. The van der Waals surface area contributed by atoms with E-state index >= 15 is 0 Å². The topological polar surface area (TPSA) is 101 Å². The number of carbonyl (C=O) groups excluding carboxylic acids is 1. The number of rotatable bonds is 7. The number of nitrogens with zero attached hydrogens (tertiary/aromatic N) is 3. The van der Waals surface area contributed by atoms with Gasteiger partial charge in [0.15, 0.2) is 0 Å². The summed E-state index contributed by atoms with van der Waals surface area (Å²) in [5.41, 5.74) is 3.76. The second-order valence-corrected chi connectivity index (χ2v) is 8.48. The van der Waals surface area contributed by atoms with E-state index in [1.807, 2.05) is 26.0 Å². The molecule has 1 aliphatic rings. The molecule has 3 aromatic rings. The largest absolute Gasteiger partial charge is 0.489 e. The molecule has 0 saturated carbocycles. The molecule has 35 heavy (non-hydrogen) atoms. The van der Waals surface area contributed by atoms with Gasteiger partial charge in [-0.3, -0.25) is 4.79 Å². The number of aromatic nitrogens is 1. The minimum Gasteiger partial charge on any atom is -0.489 e. The maximum Gasteiger partial charge on any atom is 0.266 e. The van der Waals surface area contributed by atoms with Gasteiger partial charge in [0.25, 0.3) is 5.91 Å². The number of halogens is 1. The van der Waals surface area contributed by atoms with Crippen LogP contribution in [0, 0.1) is 25.2 Å². The fraction of sp³-hybridized carbons (Fsp3) is 0.269. The zero-order valence-electron chi connectivity index (χ0n) is 19.5. The number of benzene rings is 2. The molecule has 180 valence electrons. The predicted molar refractivity (Wildman–Crippen MR) is 133 cm³/mol. The van der Waals surface area contributed by atoms with E-state index in [2.05, 4.69) is 15.4 Å². The molecule has 0 bridgehead atoms. The van der Waals surface area contributed by atoms with E-state index in [9.17, 15) is 10.1 Å². The van der Waals surface area contributed by atoms with Gasteiger partial charge in [-0.25, -0.2) is 0 Å². The van der Waals surface area contributed by atoms with Crippen LogP contribution in [0.5, 0.6) is 5.75 Å². The lowest BCUT2D eigenvalue weighted by Crippen LogP contribution is -2.36. The van der Waals surface area contributed by atoms with Crippen LogP contribution in [0.15, 0.2) is 52.6 Å². The first-order valence-electron chi connectivity index (χ1n) is 11.1. The highest BCUT2D eigenvalue weighted by molar-refractivity contribution is 6.31. The molecule has 1 N–H and O–H groups in total. The van der Waals surface area contributed by atoms with Gasteiger partial charge in [-0.1, -0.05) is 28.9 Å². The molecule has 1 amide bonds. The zero-order chi connectivity index (χ0) is 24.8. The molecule has 2 heterocycles. The van der Waals surface area contributed by atoms with Crippen LogP contribution in [0.3, 0.4) is 0 Å². The molecule has 1 saturated heterocycles. The molecular formula is C26H25ClN4O4. The summed E-state index contributed by atoms with van der Waals surface area (Å²) in [4.78, 5) is 15.0. The third-order valence-corrected chi connectivity index (χ3v) is 5.91. The number of amides is 1. The van der Waals surface area contributed by atoms with Crippen LogP contribution in [0.4, 0.5) is 11.4 Å². The third kappa shape index (κ3) is 6.01. The number of anilines is 2. The van der Waals surface area contributed by atoms with E-state index in [1.165, 1.54) is 6.08 Å². The molecule has 0 aliphatic carbocycles. The van der Waals surface area contributed by atoms with Gasteiger partial charge in [0, 0.05) is 18.1 Å². The Balaban J connectivity index is 1.45. The minimum atomic E-state index is -0.511. The van der Waals surface area contributed by atoms with Crippen molar-refractivity contribution >= 4 is 35.0 Å². The van der Waals surface area contributed by atoms with Crippen LogP contribution in [-0.4, -0.2) is 37.4 Å². The number of nitriles is 1. The van der Waals surface area contributed by atoms with Gasteiger partial charge in [0.1, 0.15) is 29.8 Å². The summed E-state index contributed by atoms with van der Waals surface area (Å²) < 4.78 is 16.4. The Morgan fingerprint density at radius 3 is 2.63 bits per heavy atom. The fourth-order valence-electron chi connectivity index (χ4n) is 3.72. The van der Waals surface area contributed by atoms with Crippen LogP contribution in [0.2, 0.25) is 5.02 Å². The van der Waals surface area contributed by atoms with Crippen molar-refractivity contribution in [3.63, 3.8) is 0 Å². The first kappa shape index (κ1) is 24.3. The van der Waals surface area contributed by atoms with Crippen LogP contribution < -0.4 is 15.0 Å². The monoisotopic (exact) mass is 492 g/mol. The van der Waals surface area contributed by atoms with Crippen molar-refractivity contribution in [2.75, 3.05) is 36.5 Å². The maximum absolute atomic E-state index is 12.9. The Hall–Kier alpha value is -3.80. The number of ether oxygens (including phenoxy) is 2. The number of hydrogen-bond acceptors (Lipinski definition) is 7. The van der Waals surface area contributed by atoms with Crippen LogP contribution in [0.1, 0.15) is 22.6 Å². The average molecular weight is 493 g/mol. The normalized spacial score (nSPS) is 13.9. The van der Waals surface area contributed by atoms with Crippen molar-refractivity contribution in [3.8, 4) is 11.8 Å². The maximum atomic E-state index is 12.9. The summed E-state index contributed by atoms with van der Waals surface area (Å²) in [6, 6.07) is 14.4. The summed E-state index contributed by atoms with van der Waals surface area (Å²) in [7, 11) is 0. The second-order valence-electron chi connectivity index (χ2n) is 8.05. The number of nitrogens with one attached hydrogen (secondary N) is 1. The number of carbonyl (C=O) groups is 1. The number of aryl methyl sites for hydroxylation is 2. The fourth-order valence-corrected chi connectivity index (χ4v) is 3.89. The highest BCUT2D eigenvalue weighted by Crippen LogP contribution is 2.30. The quantitative estimate of drug-likeness (QED) is 0.369. The lowest BCUT2D eigenvalue weighted by Gasteiger charge is -2.30. The molecule has 1 fully saturated rings. The van der Waals surface area contributed by atoms with Gasteiger partial charge in [-0.05, 0) is 55.8 Å². The number of hydrogen-bond donors (Lipinski definition) is 1. The first-order valence-corrected chi connectivity index (χ1v) is 11.5. The lowest BCUT2D eigenvalue weighted by molar-refractivity contribution is -0.112. The SMILES string of the molecule is Cc1noc(C)c1COc1ccc(/C=C(\C#N)C(=O)Nc2cc(Cl)ccc2N2CCOCC2)cc1. The van der Waals surface area contributed by atoms with E-state index < -0.39 is 5.91 Å². The Kier molecular flexibility index (Phi) is 7.70. The van der Waals surface area contributed by atoms with Crippen molar-refractivity contribution in [2.24, 2.45) is 0 Å². The van der Waals surface area contributed by atoms with Crippen LogP contribution in [0.25, 0.3) is 6.08 Å². The molecule has 1 aliphatic heterocycles. The predicted octanol–water partition coefficient (Wildman–Crippen LogP) is 4.91. The number of morpholine rings is 1. The van der Waals surface area contributed by atoms with E-state index in [4.69, 9.17) is 25.6 Å². The van der Waals surface area contributed by atoms with E-state index in [1.54, 1.807) is 36.4 Å².